The lowest BCUT2D eigenvalue weighted by Crippen LogP contribution is -2.43. The zero-order valence-electron chi connectivity index (χ0n) is 9.12. The van der Waals surface area contributed by atoms with Gasteiger partial charge in [0.15, 0.2) is 0 Å². The number of carbonyl (C=O) groups excluding carboxylic acids is 1. The van der Waals surface area contributed by atoms with Gasteiger partial charge in [-0.2, -0.15) is 0 Å². The Hall–Kier alpha value is -1.03. The molecule has 0 saturated heterocycles. The van der Waals surface area contributed by atoms with Gasteiger partial charge in [0, 0.05) is 28.7 Å². The van der Waals surface area contributed by atoms with Crippen molar-refractivity contribution < 1.29 is 4.79 Å². The van der Waals surface area contributed by atoms with Gasteiger partial charge in [0.05, 0.1) is 0 Å². The minimum Gasteiger partial charge on any atom is -0.284 e. The van der Waals surface area contributed by atoms with E-state index in [4.69, 9.17) is 23.2 Å². The summed E-state index contributed by atoms with van der Waals surface area (Å²) in [6, 6.07) is 4.80. The van der Waals surface area contributed by atoms with Crippen molar-refractivity contribution in [1.29, 1.82) is 0 Å². The maximum atomic E-state index is 11.9. The number of hydrogen-bond acceptors (Lipinski definition) is 2. The molecule has 0 aliphatic carbocycles. The van der Waals surface area contributed by atoms with Crippen LogP contribution in [0.15, 0.2) is 30.4 Å². The van der Waals surface area contributed by atoms with E-state index in [1.165, 1.54) is 0 Å². The third-order valence-corrected chi connectivity index (χ3v) is 2.88. The van der Waals surface area contributed by atoms with Gasteiger partial charge in [0.2, 0.25) is 0 Å². The fourth-order valence-electron chi connectivity index (χ4n) is 1.64. The molecule has 0 aromatic heterocycles. The zero-order valence-corrected chi connectivity index (χ0v) is 10.6. The second kappa shape index (κ2) is 5.54. The molecule has 5 heteroatoms. The Morgan fingerprint density at radius 3 is 2.47 bits per heavy atom. The van der Waals surface area contributed by atoms with Crippen LogP contribution >= 0.6 is 23.2 Å². The summed E-state index contributed by atoms with van der Waals surface area (Å²) in [6.07, 6.45) is 5.06. The molecule has 17 heavy (non-hydrogen) atoms. The summed E-state index contributed by atoms with van der Waals surface area (Å²) in [7, 11) is 0. The third-order valence-electron chi connectivity index (χ3n) is 2.44. The molecule has 0 spiro atoms. The van der Waals surface area contributed by atoms with Gasteiger partial charge in [0.1, 0.15) is 0 Å². The zero-order chi connectivity index (χ0) is 12.3. The van der Waals surface area contributed by atoms with Crippen LogP contribution in [0.2, 0.25) is 10.0 Å². The number of hydrazine groups is 1. The molecule has 0 atom stereocenters. The molecule has 0 fully saturated rings. The largest absolute Gasteiger partial charge is 0.284 e. The van der Waals surface area contributed by atoms with E-state index in [9.17, 15) is 4.79 Å². The smallest absolute Gasteiger partial charge is 0.265 e. The molecule has 1 aliphatic rings. The van der Waals surface area contributed by atoms with Gasteiger partial charge in [0.25, 0.3) is 5.91 Å². The van der Waals surface area contributed by atoms with Crippen LogP contribution in [0.5, 0.6) is 0 Å². The van der Waals surface area contributed by atoms with Gasteiger partial charge in [-0.15, -0.1) is 0 Å². The van der Waals surface area contributed by atoms with E-state index >= 15 is 0 Å². The Bertz CT molecular complexity index is 440. The highest BCUT2D eigenvalue weighted by molar-refractivity contribution is 6.35. The molecule has 0 unspecified atom stereocenters. The molecule has 2 rings (SSSR count). The lowest BCUT2D eigenvalue weighted by atomic mass is 10.2. The quantitative estimate of drug-likeness (QED) is 0.839. The van der Waals surface area contributed by atoms with E-state index in [-0.39, 0.29) is 5.91 Å². The maximum absolute atomic E-state index is 11.9. The van der Waals surface area contributed by atoms with Crippen molar-refractivity contribution in [1.82, 2.24) is 10.4 Å². The van der Waals surface area contributed by atoms with Crippen molar-refractivity contribution in [3.05, 3.63) is 46.0 Å². The summed E-state index contributed by atoms with van der Waals surface area (Å²) >= 11 is 11.7. The highest BCUT2D eigenvalue weighted by atomic mass is 35.5. The normalized spacial score (nSPS) is 15.9. The number of benzene rings is 1. The van der Waals surface area contributed by atoms with Crippen molar-refractivity contribution in [3.8, 4) is 0 Å². The van der Waals surface area contributed by atoms with Crippen molar-refractivity contribution in [3.63, 3.8) is 0 Å². The fourth-order valence-corrected chi connectivity index (χ4v) is 2.16. The summed E-state index contributed by atoms with van der Waals surface area (Å²) in [5, 5.41) is 2.78. The van der Waals surface area contributed by atoms with Crippen molar-refractivity contribution >= 4 is 29.1 Å². The first-order valence-corrected chi connectivity index (χ1v) is 6.08. The lowest BCUT2D eigenvalue weighted by molar-refractivity contribution is 0.0804. The van der Waals surface area contributed by atoms with Crippen LogP contribution in [-0.2, 0) is 0 Å². The monoisotopic (exact) mass is 270 g/mol. The molecule has 3 nitrogen and oxygen atoms in total. The number of nitrogens with one attached hydrogen (secondary N) is 1. The highest BCUT2D eigenvalue weighted by Crippen LogP contribution is 2.19. The van der Waals surface area contributed by atoms with E-state index < -0.39 is 0 Å². The number of carbonyl (C=O) groups is 1. The van der Waals surface area contributed by atoms with E-state index in [2.05, 4.69) is 11.5 Å². The van der Waals surface area contributed by atoms with E-state index in [1.807, 2.05) is 11.1 Å². The van der Waals surface area contributed by atoms with Crippen LogP contribution in [0.4, 0.5) is 0 Å². The molecule has 1 aromatic carbocycles. The van der Waals surface area contributed by atoms with Crippen LogP contribution in [-0.4, -0.2) is 24.0 Å². The molecule has 0 saturated carbocycles. The average molecular weight is 271 g/mol. The Kier molecular flexibility index (Phi) is 4.05. The molecule has 1 amide bonds. The maximum Gasteiger partial charge on any atom is 0.265 e. The second-order valence-electron chi connectivity index (χ2n) is 3.81. The first kappa shape index (κ1) is 12.4. The van der Waals surface area contributed by atoms with Gasteiger partial charge in [-0.05, 0) is 24.6 Å². The van der Waals surface area contributed by atoms with E-state index in [1.54, 1.807) is 18.2 Å². The van der Waals surface area contributed by atoms with Crippen LogP contribution in [0.1, 0.15) is 16.8 Å². The standard InChI is InChI=1S/C12H12Cl2N2O/c13-10-6-9(7-11(14)8-10)12(17)15-16-4-2-1-3-5-16/h1-2,6-8H,3-5H2,(H,15,17). The number of halogens is 2. The highest BCUT2D eigenvalue weighted by Gasteiger charge is 2.12. The summed E-state index contributed by atoms with van der Waals surface area (Å²) < 4.78 is 0. The van der Waals surface area contributed by atoms with Crippen molar-refractivity contribution in [2.24, 2.45) is 0 Å². The second-order valence-corrected chi connectivity index (χ2v) is 4.68. The minimum absolute atomic E-state index is 0.190. The Labute approximate surface area is 110 Å². The average Bonchev–Trinajstić information content (AvgIpc) is 2.29. The molecule has 1 heterocycles. The summed E-state index contributed by atoms with van der Waals surface area (Å²) in [5.74, 6) is -0.190. The molecule has 0 bridgehead atoms. The lowest BCUT2D eigenvalue weighted by Gasteiger charge is -2.23. The Balaban J connectivity index is 2.06. The molecule has 90 valence electrons. The number of amides is 1. The van der Waals surface area contributed by atoms with Crippen molar-refractivity contribution in [2.75, 3.05) is 13.1 Å². The SMILES string of the molecule is O=C(NN1CC=CCC1)c1cc(Cl)cc(Cl)c1. The first-order chi connectivity index (χ1) is 8.15. The Morgan fingerprint density at radius 2 is 1.88 bits per heavy atom. The van der Waals surface area contributed by atoms with Gasteiger partial charge < -0.3 is 0 Å². The summed E-state index contributed by atoms with van der Waals surface area (Å²) in [6.45, 7) is 1.54. The van der Waals surface area contributed by atoms with E-state index in [0.717, 1.165) is 19.5 Å². The topological polar surface area (TPSA) is 32.3 Å². The molecular weight excluding hydrogens is 259 g/mol. The number of rotatable bonds is 2. The van der Waals surface area contributed by atoms with Crippen LogP contribution < -0.4 is 5.43 Å². The van der Waals surface area contributed by atoms with Crippen molar-refractivity contribution in [2.45, 2.75) is 6.42 Å². The minimum atomic E-state index is -0.190. The number of hydrogen-bond donors (Lipinski definition) is 1. The van der Waals surface area contributed by atoms with Gasteiger partial charge in [-0.3, -0.25) is 10.2 Å². The third kappa shape index (κ3) is 3.46. The predicted octanol–water partition coefficient (Wildman–Crippen LogP) is 2.90. The van der Waals surface area contributed by atoms with Crippen LogP contribution in [0, 0.1) is 0 Å². The predicted molar refractivity (Wildman–Crippen MR) is 69.3 cm³/mol. The van der Waals surface area contributed by atoms with Gasteiger partial charge >= 0.3 is 0 Å². The van der Waals surface area contributed by atoms with Gasteiger partial charge in [-0.25, -0.2) is 5.01 Å². The molecule has 1 N–H and O–H groups in total. The van der Waals surface area contributed by atoms with Gasteiger partial charge in [-0.1, -0.05) is 35.4 Å². The first-order valence-electron chi connectivity index (χ1n) is 5.32. The fraction of sp³-hybridized carbons (Fsp3) is 0.250. The summed E-state index contributed by atoms with van der Waals surface area (Å²) in [5.41, 5.74) is 3.28. The molecule has 0 radical (unpaired) electrons. The van der Waals surface area contributed by atoms with Crippen LogP contribution in [0.25, 0.3) is 0 Å². The molecule has 1 aliphatic heterocycles. The number of nitrogens with zero attached hydrogens (tertiary/aromatic N) is 1. The van der Waals surface area contributed by atoms with Crippen LogP contribution in [0.3, 0.4) is 0 Å². The molecular formula is C12H12Cl2N2O. The molecule has 1 aromatic rings. The summed E-state index contributed by atoms with van der Waals surface area (Å²) in [4.78, 5) is 11.9. The Morgan fingerprint density at radius 1 is 1.18 bits per heavy atom. The van der Waals surface area contributed by atoms with E-state index in [0.29, 0.717) is 15.6 Å².